The number of halogens is 1. The van der Waals surface area contributed by atoms with Gasteiger partial charge in [-0.2, -0.15) is 0 Å². The van der Waals surface area contributed by atoms with Crippen molar-refractivity contribution in [3.63, 3.8) is 0 Å². The molecule has 9 heteroatoms. The second-order valence-corrected chi connectivity index (χ2v) is 7.67. The van der Waals surface area contributed by atoms with Gasteiger partial charge >= 0.3 is 0 Å². The lowest BCUT2D eigenvalue weighted by Gasteiger charge is -2.16. The zero-order valence-corrected chi connectivity index (χ0v) is 12.7. The first-order valence-corrected chi connectivity index (χ1v) is 8.45. The predicted molar refractivity (Wildman–Crippen MR) is 77.3 cm³/mol. The fraction of sp³-hybridized carbons (Fsp3) is 0.417. The summed E-state index contributed by atoms with van der Waals surface area (Å²) in [5, 5.41) is 10.6. The summed E-state index contributed by atoms with van der Waals surface area (Å²) in [6, 6.07) is 3.73. The number of nitrogens with zero attached hydrogens (tertiary/aromatic N) is 2. The summed E-state index contributed by atoms with van der Waals surface area (Å²) in [5.41, 5.74) is -0.464. The summed E-state index contributed by atoms with van der Waals surface area (Å²) < 4.78 is 23.0. The molecule has 21 heavy (non-hydrogen) atoms. The van der Waals surface area contributed by atoms with E-state index in [0.29, 0.717) is 6.42 Å². The van der Waals surface area contributed by atoms with Crippen molar-refractivity contribution in [2.24, 2.45) is 0 Å². The second-order valence-electron chi connectivity index (χ2n) is 4.91. The van der Waals surface area contributed by atoms with E-state index in [1.807, 2.05) is 0 Å². The van der Waals surface area contributed by atoms with E-state index in [0.717, 1.165) is 6.26 Å². The van der Waals surface area contributed by atoms with E-state index in [1.54, 1.807) is 0 Å². The quantitative estimate of drug-likeness (QED) is 0.617. The van der Waals surface area contributed by atoms with Crippen molar-refractivity contribution in [1.29, 1.82) is 0 Å². The third-order valence-corrected chi connectivity index (χ3v) is 5.25. The fourth-order valence-corrected chi connectivity index (χ4v) is 3.43. The van der Waals surface area contributed by atoms with Crippen molar-refractivity contribution in [2.75, 3.05) is 19.3 Å². The van der Waals surface area contributed by atoms with Crippen LogP contribution in [0.15, 0.2) is 18.2 Å². The van der Waals surface area contributed by atoms with E-state index in [4.69, 9.17) is 11.6 Å². The number of hydrogen-bond donors (Lipinski definition) is 0. The number of nitro groups is 1. The average molecular weight is 333 g/mol. The molecule has 1 unspecified atom stereocenters. The van der Waals surface area contributed by atoms with Crippen LogP contribution in [0.5, 0.6) is 0 Å². The molecule has 0 aromatic heterocycles. The van der Waals surface area contributed by atoms with Crippen LogP contribution in [0, 0.1) is 10.1 Å². The first kappa shape index (κ1) is 15.7. The molecule has 0 spiro atoms. The molecule has 1 fully saturated rings. The summed E-state index contributed by atoms with van der Waals surface area (Å²) in [4.78, 5) is 24.0. The highest BCUT2D eigenvalue weighted by atomic mass is 35.5. The molecule has 1 aromatic rings. The molecule has 1 atom stereocenters. The van der Waals surface area contributed by atoms with Crippen molar-refractivity contribution in [1.82, 2.24) is 4.90 Å². The normalized spacial score (nSPS) is 18.8. The Morgan fingerprint density at radius 3 is 2.67 bits per heavy atom. The highest BCUT2D eigenvalue weighted by molar-refractivity contribution is 7.91. The lowest BCUT2D eigenvalue weighted by molar-refractivity contribution is -0.385. The number of rotatable bonds is 3. The zero-order valence-electron chi connectivity index (χ0n) is 11.2. The van der Waals surface area contributed by atoms with Crippen molar-refractivity contribution in [3.8, 4) is 0 Å². The molecule has 1 aliphatic heterocycles. The van der Waals surface area contributed by atoms with Crippen LogP contribution in [-0.2, 0) is 9.84 Å². The first-order valence-electron chi connectivity index (χ1n) is 6.12. The Morgan fingerprint density at radius 2 is 2.14 bits per heavy atom. The number of hydrogen-bond acceptors (Lipinski definition) is 5. The summed E-state index contributed by atoms with van der Waals surface area (Å²) in [5.74, 6) is -0.574. The van der Waals surface area contributed by atoms with Gasteiger partial charge in [0.25, 0.3) is 11.6 Å². The molecule has 0 saturated carbocycles. The maximum Gasteiger partial charge on any atom is 0.282 e. The van der Waals surface area contributed by atoms with Gasteiger partial charge in [-0.25, -0.2) is 8.42 Å². The maximum absolute atomic E-state index is 12.4. The van der Waals surface area contributed by atoms with Crippen LogP contribution in [-0.4, -0.2) is 48.7 Å². The SMILES string of the molecule is CS(=O)(=O)C1CCN(C(=O)c2cc(Cl)ccc2[N+](=O)[O-])C1. The number of likely N-dealkylation sites (tertiary alicyclic amines) is 1. The van der Waals surface area contributed by atoms with Gasteiger partial charge in [-0.05, 0) is 18.6 Å². The largest absolute Gasteiger partial charge is 0.337 e. The van der Waals surface area contributed by atoms with Gasteiger partial charge in [-0.1, -0.05) is 11.6 Å². The van der Waals surface area contributed by atoms with Crippen molar-refractivity contribution in [3.05, 3.63) is 38.9 Å². The van der Waals surface area contributed by atoms with E-state index in [2.05, 4.69) is 0 Å². The second kappa shape index (κ2) is 5.61. The number of carbonyl (C=O) groups excluding carboxylic acids is 1. The molecule has 0 N–H and O–H groups in total. The van der Waals surface area contributed by atoms with Crippen LogP contribution < -0.4 is 0 Å². The Balaban J connectivity index is 2.30. The highest BCUT2D eigenvalue weighted by Crippen LogP contribution is 2.26. The highest BCUT2D eigenvalue weighted by Gasteiger charge is 2.35. The minimum absolute atomic E-state index is 0.0430. The van der Waals surface area contributed by atoms with Crippen LogP contribution >= 0.6 is 11.6 Å². The number of carbonyl (C=O) groups is 1. The maximum atomic E-state index is 12.4. The van der Waals surface area contributed by atoms with Crippen LogP contribution in [0.4, 0.5) is 5.69 Å². The molecule has 1 aromatic carbocycles. The van der Waals surface area contributed by atoms with Crippen LogP contribution in [0.2, 0.25) is 5.02 Å². The topological polar surface area (TPSA) is 97.6 Å². The lowest BCUT2D eigenvalue weighted by atomic mass is 10.1. The van der Waals surface area contributed by atoms with E-state index in [1.165, 1.54) is 23.1 Å². The van der Waals surface area contributed by atoms with E-state index < -0.39 is 25.9 Å². The minimum atomic E-state index is -3.24. The van der Waals surface area contributed by atoms with Crippen molar-refractivity contribution in [2.45, 2.75) is 11.7 Å². The van der Waals surface area contributed by atoms with E-state index in [9.17, 15) is 23.3 Å². The first-order chi connectivity index (χ1) is 9.70. The summed E-state index contributed by atoms with van der Waals surface area (Å²) >= 11 is 5.78. The molecule has 0 radical (unpaired) electrons. The lowest BCUT2D eigenvalue weighted by Crippen LogP contribution is -2.32. The molecule has 7 nitrogen and oxygen atoms in total. The average Bonchev–Trinajstić information content (AvgIpc) is 2.86. The van der Waals surface area contributed by atoms with Gasteiger partial charge < -0.3 is 4.90 Å². The molecule has 0 aliphatic carbocycles. The molecular weight excluding hydrogens is 320 g/mol. The molecule has 1 saturated heterocycles. The molecule has 2 rings (SSSR count). The van der Waals surface area contributed by atoms with Crippen LogP contribution in [0.3, 0.4) is 0 Å². The van der Waals surface area contributed by atoms with Crippen LogP contribution in [0.1, 0.15) is 16.8 Å². The molecule has 1 amide bonds. The predicted octanol–water partition coefficient (Wildman–Crippen LogP) is 1.51. The van der Waals surface area contributed by atoms with E-state index in [-0.39, 0.29) is 29.4 Å². The van der Waals surface area contributed by atoms with Gasteiger partial charge in [0.2, 0.25) is 0 Å². The van der Waals surface area contributed by atoms with Gasteiger partial charge in [-0.15, -0.1) is 0 Å². The summed E-state index contributed by atoms with van der Waals surface area (Å²) in [7, 11) is -3.24. The minimum Gasteiger partial charge on any atom is -0.337 e. The number of amides is 1. The molecule has 1 heterocycles. The van der Waals surface area contributed by atoms with Crippen LogP contribution in [0.25, 0.3) is 0 Å². The third kappa shape index (κ3) is 3.33. The Labute approximate surface area is 126 Å². The van der Waals surface area contributed by atoms with Gasteiger partial charge in [0, 0.05) is 30.4 Å². The molecule has 1 aliphatic rings. The molecule has 114 valence electrons. The van der Waals surface area contributed by atoms with E-state index >= 15 is 0 Å². The number of nitro benzene ring substituents is 1. The van der Waals surface area contributed by atoms with Gasteiger partial charge in [-0.3, -0.25) is 14.9 Å². The smallest absolute Gasteiger partial charge is 0.282 e. The Hall–Kier alpha value is -1.67. The van der Waals surface area contributed by atoms with Gasteiger partial charge in [0.1, 0.15) is 5.56 Å². The molecular formula is C12H13ClN2O5S. The standard InChI is InChI=1S/C12H13ClN2O5S/c1-21(19,20)9-4-5-14(7-9)12(16)10-6-8(13)2-3-11(10)15(17)18/h2-3,6,9H,4-5,7H2,1H3. The molecule has 0 bridgehead atoms. The monoisotopic (exact) mass is 332 g/mol. The van der Waals surface area contributed by atoms with Gasteiger partial charge in [0.05, 0.1) is 10.2 Å². The fourth-order valence-electron chi connectivity index (χ4n) is 2.27. The van der Waals surface area contributed by atoms with Gasteiger partial charge in [0.15, 0.2) is 9.84 Å². The Bertz CT molecular complexity index is 704. The number of benzene rings is 1. The summed E-state index contributed by atoms with van der Waals surface area (Å²) in [6.07, 6.45) is 1.45. The van der Waals surface area contributed by atoms with Crippen molar-refractivity contribution >= 4 is 33.0 Å². The van der Waals surface area contributed by atoms with Crippen molar-refractivity contribution < 1.29 is 18.1 Å². The Morgan fingerprint density at radius 1 is 1.48 bits per heavy atom. The zero-order chi connectivity index (χ0) is 15.8. The number of sulfone groups is 1. The summed E-state index contributed by atoms with van der Waals surface area (Å²) in [6.45, 7) is 0.293. The third-order valence-electron chi connectivity index (χ3n) is 3.42. The Kier molecular flexibility index (Phi) is 4.20.